The minimum atomic E-state index is 0.961. The van der Waals surface area contributed by atoms with Gasteiger partial charge in [0, 0.05) is 11.9 Å². The van der Waals surface area contributed by atoms with Gasteiger partial charge in [-0.1, -0.05) is 48.2 Å². The Morgan fingerprint density at radius 1 is 1.00 bits per heavy atom. The van der Waals surface area contributed by atoms with Crippen LogP contribution in [-0.4, -0.2) is 9.38 Å². The minimum Gasteiger partial charge on any atom is -0.305 e. The van der Waals surface area contributed by atoms with Crippen molar-refractivity contribution in [3.8, 4) is 0 Å². The molecular formula is C14H12N2S. The number of thioether (sulfide) groups is 1. The van der Waals surface area contributed by atoms with Gasteiger partial charge in [0.2, 0.25) is 0 Å². The molecule has 2 nitrogen and oxygen atoms in total. The van der Waals surface area contributed by atoms with E-state index in [1.807, 2.05) is 35.1 Å². The van der Waals surface area contributed by atoms with Gasteiger partial charge in [0.05, 0.1) is 5.52 Å². The standard InChI is InChI=1S/C14H12N2S/c1-2-6-12(7-3-1)10-17-14-13-8-4-5-9-16(13)11-15-14/h1-9,11H,10H2. The highest BCUT2D eigenvalue weighted by Crippen LogP contribution is 2.25. The number of pyridine rings is 1. The largest absolute Gasteiger partial charge is 0.305 e. The zero-order valence-electron chi connectivity index (χ0n) is 9.28. The van der Waals surface area contributed by atoms with Gasteiger partial charge < -0.3 is 4.40 Å². The first-order valence-electron chi connectivity index (χ1n) is 5.52. The molecule has 3 heteroatoms. The van der Waals surface area contributed by atoms with Crippen molar-refractivity contribution in [1.82, 2.24) is 9.38 Å². The average molecular weight is 240 g/mol. The van der Waals surface area contributed by atoms with Gasteiger partial charge in [-0.05, 0) is 17.7 Å². The topological polar surface area (TPSA) is 17.3 Å². The molecule has 2 heterocycles. The van der Waals surface area contributed by atoms with Gasteiger partial charge in [-0.25, -0.2) is 4.98 Å². The van der Waals surface area contributed by atoms with E-state index in [2.05, 4.69) is 35.3 Å². The summed E-state index contributed by atoms with van der Waals surface area (Å²) < 4.78 is 2.05. The van der Waals surface area contributed by atoms with E-state index < -0.39 is 0 Å². The van der Waals surface area contributed by atoms with Crippen LogP contribution in [0.15, 0.2) is 66.1 Å². The van der Waals surface area contributed by atoms with Gasteiger partial charge in [-0.15, -0.1) is 0 Å². The summed E-state index contributed by atoms with van der Waals surface area (Å²) in [6, 6.07) is 16.6. The van der Waals surface area contributed by atoms with Crippen molar-refractivity contribution in [3.63, 3.8) is 0 Å². The third-order valence-corrected chi connectivity index (χ3v) is 3.69. The summed E-state index contributed by atoms with van der Waals surface area (Å²) in [7, 11) is 0. The van der Waals surface area contributed by atoms with E-state index in [1.54, 1.807) is 11.8 Å². The van der Waals surface area contributed by atoms with Gasteiger partial charge in [0.25, 0.3) is 0 Å². The average Bonchev–Trinajstić information content (AvgIpc) is 2.81. The van der Waals surface area contributed by atoms with Crippen LogP contribution in [0.1, 0.15) is 5.56 Å². The van der Waals surface area contributed by atoms with Crippen molar-refractivity contribution in [2.75, 3.05) is 0 Å². The van der Waals surface area contributed by atoms with E-state index in [-0.39, 0.29) is 0 Å². The Bertz CT molecular complexity index is 616. The summed E-state index contributed by atoms with van der Waals surface area (Å²) in [6.45, 7) is 0. The molecule has 0 spiro atoms. The lowest BCUT2D eigenvalue weighted by Crippen LogP contribution is -1.81. The molecule has 3 rings (SSSR count). The number of nitrogens with zero attached hydrogens (tertiary/aromatic N) is 2. The molecular weight excluding hydrogens is 228 g/mol. The molecule has 0 aliphatic rings. The van der Waals surface area contributed by atoms with Crippen molar-refractivity contribution >= 4 is 17.3 Å². The fourth-order valence-corrected chi connectivity index (χ4v) is 2.69. The molecule has 0 fully saturated rings. The number of hydrogen-bond donors (Lipinski definition) is 0. The van der Waals surface area contributed by atoms with E-state index in [0.29, 0.717) is 0 Å². The smallest absolute Gasteiger partial charge is 0.122 e. The maximum atomic E-state index is 4.44. The van der Waals surface area contributed by atoms with Crippen LogP contribution in [0.5, 0.6) is 0 Å². The van der Waals surface area contributed by atoms with Gasteiger partial charge in [0.1, 0.15) is 11.4 Å². The summed E-state index contributed by atoms with van der Waals surface area (Å²) in [5.41, 5.74) is 2.50. The summed E-state index contributed by atoms with van der Waals surface area (Å²) in [6.07, 6.45) is 3.89. The molecule has 0 unspecified atom stereocenters. The zero-order chi connectivity index (χ0) is 11.5. The Labute approximate surface area is 104 Å². The number of aromatic nitrogens is 2. The quantitative estimate of drug-likeness (QED) is 0.650. The highest BCUT2D eigenvalue weighted by atomic mass is 32.2. The Balaban J connectivity index is 1.82. The van der Waals surface area contributed by atoms with E-state index in [4.69, 9.17) is 0 Å². The van der Waals surface area contributed by atoms with Gasteiger partial charge >= 0.3 is 0 Å². The normalized spacial score (nSPS) is 10.8. The Hall–Kier alpha value is -1.74. The summed E-state index contributed by atoms with van der Waals surface area (Å²) in [5.74, 6) is 0.961. The van der Waals surface area contributed by atoms with E-state index in [0.717, 1.165) is 10.8 Å². The lowest BCUT2D eigenvalue weighted by molar-refractivity contribution is 1.14. The van der Waals surface area contributed by atoms with Crippen LogP contribution in [0.3, 0.4) is 0 Å². The number of benzene rings is 1. The number of imidazole rings is 1. The first-order chi connectivity index (χ1) is 8.43. The van der Waals surface area contributed by atoms with Crippen molar-refractivity contribution in [2.24, 2.45) is 0 Å². The van der Waals surface area contributed by atoms with Crippen molar-refractivity contribution < 1.29 is 0 Å². The minimum absolute atomic E-state index is 0.961. The Morgan fingerprint density at radius 3 is 2.71 bits per heavy atom. The monoisotopic (exact) mass is 240 g/mol. The third kappa shape index (κ3) is 2.19. The van der Waals surface area contributed by atoms with E-state index >= 15 is 0 Å². The fraction of sp³-hybridized carbons (Fsp3) is 0.0714. The lowest BCUT2D eigenvalue weighted by atomic mass is 10.2. The second-order valence-electron chi connectivity index (χ2n) is 3.82. The Kier molecular flexibility index (Phi) is 2.84. The SMILES string of the molecule is c1ccc(CSc2ncn3ccccc23)cc1. The lowest BCUT2D eigenvalue weighted by Gasteiger charge is -1.99. The summed E-state index contributed by atoms with van der Waals surface area (Å²) in [4.78, 5) is 4.44. The number of rotatable bonds is 3. The molecule has 0 saturated carbocycles. The highest BCUT2D eigenvalue weighted by molar-refractivity contribution is 7.98. The molecule has 0 amide bonds. The van der Waals surface area contributed by atoms with Crippen LogP contribution in [-0.2, 0) is 5.75 Å². The molecule has 17 heavy (non-hydrogen) atoms. The molecule has 0 radical (unpaired) electrons. The van der Waals surface area contributed by atoms with Crippen molar-refractivity contribution in [3.05, 3.63) is 66.6 Å². The van der Waals surface area contributed by atoms with Crippen LogP contribution in [0, 0.1) is 0 Å². The van der Waals surface area contributed by atoms with Gasteiger partial charge in [-0.2, -0.15) is 0 Å². The second kappa shape index (κ2) is 4.63. The molecule has 84 valence electrons. The van der Waals surface area contributed by atoms with Gasteiger partial charge in [-0.3, -0.25) is 0 Å². The molecule has 0 saturated heterocycles. The first-order valence-corrected chi connectivity index (χ1v) is 6.50. The molecule has 1 aromatic carbocycles. The van der Waals surface area contributed by atoms with E-state index in [9.17, 15) is 0 Å². The van der Waals surface area contributed by atoms with Crippen LogP contribution < -0.4 is 0 Å². The number of fused-ring (bicyclic) bond motifs is 1. The summed E-state index contributed by atoms with van der Waals surface area (Å²) in [5, 5.41) is 1.09. The molecule has 0 N–H and O–H groups in total. The first kappa shape index (κ1) is 10.4. The van der Waals surface area contributed by atoms with Crippen LogP contribution in [0.25, 0.3) is 5.52 Å². The maximum Gasteiger partial charge on any atom is 0.122 e. The van der Waals surface area contributed by atoms with Crippen molar-refractivity contribution in [1.29, 1.82) is 0 Å². The maximum absolute atomic E-state index is 4.44. The third-order valence-electron chi connectivity index (χ3n) is 2.63. The fourth-order valence-electron chi connectivity index (χ4n) is 1.76. The van der Waals surface area contributed by atoms with Crippen molar-refractivity contribution in [2.45, 2.75) is 10.8 Å². The Morgan fingerprint density at radius 2 is 1.82 bits per heavy atom. The van der Waals surface area contributed by atoms with Crippen LogP contribution >= 0.6 is 11.8 Å². The van der Waals surface area contributed by atoms with Gasteiger partial charge in [0.15, 0.2) is 0 Å². The molecule has 0 atom stereocenters. The number of hydrogen-bond acceptors (Lipinski definition) is 2. The molecule has 2 aromatic heterocycles. The van der Waals surface area contributed by atoms with Crippen LogP contribution in [0.2, 0.25) is 0 Å². The summed E-state index contributed by atoms with van der Waals surface area (Å²) >= 11 is 1.78. The van der Waals surface area contributed by atoms with Crippen LogP contribution in [0.4, 0.5) is 0 Å². The predicted molar refractivity (Wildman–Crippen MR) is 71.2 cm³/mol. The highest BCUT2D eigenvalue weighted by Gasteiger charge is 2.03. The predicted octanol–water partition coefficient (Wildman–Crippen LogP) is 3.63. The molecule has 0 bridgehead atoms. The van der Waals surface area contributed by atoms with E-state index in [1.165, 1.54) is 11.1 Å². The molecule has 0 aliphatic carbocycles. The zero-order valence-corrected chi connectivity index (χ0v) is 10.1. The molecule has 3 aromatic rings. The second-order valence-corrected chi connectivity index (χ2v) is 4.78. The molecule has 0 aliphatic heterocycles.